The Morgan fingerprint density at radius 2 is 1.72 bits per heavy atom. The van der Waals surface area contributed by atoms with E-state index in [1.54, 1.807) is 5.32 Å². The molecular formula is C10H9F5N2O. The van der Waals surface area contributed by atoms with Gasteiger partial charge in [0.1, 0.15) is 17.7 Å². The lowest BCUT2D eigenvalue weighted by Crippen LogP contribution is -2.39. The molecule has 0 radical (unpaired) electrons. The lowest BCUT2D eigenvalue weighted by atomic mass is 10.1. The normalized spacial score (nSPS) is 13.4. The Bertz CT molecular complexity index is 426. The van der Waals surface area contributed by atoms with Crippen LogP contribution in [0, 0.1) is 11.6 Å². The molecule has 0 heterocycles. The number of amides is 1. The Morgan fingerprint density at radius 1 is 1.22 bits per heavy atom. The summed E-state index contributed by atoms with van der Waals surface area (Å²) in [6.45, 7) is -1.50. The molecule has 3 nitrogen and oxygen atoms in total. The summed E-state index contributed by atoms with van der Waals surface area (Å²) in [6.07, 6.45) is -4.57. The van der Waals surface area contributed by atoms with E-state index in [0.29, 0.717) is 6.07 Å². The van der Waals surface area contributed by atoms with Gasteiger partial charge < -0.3 is 5.73 Å². The van der Waals surface area contributed by atoms with Gasteiger partial charge in [-0.15, -0.1) is 0 Å². The maximum Gasteiger partial charge on any atom is 0.401 e. The van der Waals surface area contributed by atoms with Crippen molar-refractivity contribution in [3.8, 4) is 0 Å². The molecule has 1 unspecified atom stereocenters. The van der Waals surface area contributed by atoms with E-state index in [0.717, 1.165) is 12.1 Å². The molecule has 0 bridgehead atoms. The highest BCUT2D eigenvalue weighted by Gasteiger charge is 2.30. The first kappa shape index (κ1) is 14.4. The summed E-state index contributed by atoms with van der Waals surface area (Å²) in [4.78, 5) is 11.0. The first-order valence-electron chi connectivity index (χ1n) is 4.74. The number of nitrogens with two attached hydrogens (primary N) is 1. The second-order valence-electron chi connectivity index (χ2n) is 3.53. The summed E-state index contributed by atoms with van der Waals surface area (Å²) in [5.41, 5.74) is 4.58. The van der Waals surface area contributed by atoms with Crippen LogP contribution in [0.2, 0.25) is 0 Å². The maximum atomic E-state index is 12.9. The molecule has 3 N–H and O–H groups in total. The van der Waals surface area contributed by atoms with Gasteiger partial charge in [-0.25, -0.2) is 8.78 Å². The minimum absolute atomic E-state index is 0.302. The number of carbonyl (C=O) groups is 1. The predicted octanol–water partition coefficient (Wildman–Crippen LogP) is 1.64. The minimum atomic E-state index is -4.57. The van der Waals surface area contributed by atoms with Crippen molar-refractivity contribution < 1.29 is 26.7 Å². The molecule has 0 aliphatic heterocycles. The van der Waals surface area contributed by atoms with Crippen molar-refractivity contribution in [3.63, 3.8) is 0 Å². The van der Waals surface area contributed by atoms with Crippen LogP contribution >= 0.6 is 0 Å². The first-order valence-corrected chi connectivity index (χ1v) is 4.74. The number of alkyl halides is 3. The lowest BCUT2D eigenvalue weighted by molar-refractivity contribution is -0.130. The summed E-state index contributed by atoms with van der Waals surface area (Å²) in [5, 5.41) is 1.80. The molecule has 0 saturated heterocycles. The fourth-order valence-corrected chi connectivity index (χ4v) is 1.34. The summed E-state index contributed by atoms with van der Waals surface area (Å²) in [5.74, 6) is -3.18. The highest BCUT2D eigenvalue weighted by Crippen LogP contribution is 2.19. The van der Waals surface area contributed by atoms with E-state index < -0.39 is 36.3 Å². The zero-order valence-electron chi connectivity index (χ0n) is 8.89. The summed E-state index contributed by atoms with van der Waals surface area (Å²) in [6, 6.07) is 0.395. The van der Waals surface area contributed by atoms with E-state index >= 15 is 0 Å². The highest BCUT2D eigenvalue weighted by molar-refractivity contribution is 5.81. The minimum Gasteiger partial charge on any atom is -0.368 e. The molecule has 0 saturated carbocycles. The van der Waals surface area contributed by atoms with Crippen LogP contribution < -0.4 is 11.1 Å². The van der Waals surface area contributed by atoms with Crippen molar-refractivity contribution in [2.75, 3.05) is 6.54 Å². The molecule has 18 heavy (non-hydrogen) atoms. The van der Waals surface area contributed by atoms with Crippen molar-refractivity contribution in [1.82, 2.24) is 5.32 Å². The van der Waals surface area contributed by atoms with E-state index in [4.69, 9.17) is 5.73 Å². The standard InChI is InChI=1S/C10H9F5N2O/c11-6-1-5(2-7(12)3-6)8(9(16)18)17-4-10(13,14)15/h1-3,8,17H,4H2,(H2,16,18). The third-order valence-corrected chi connectivity index (χ3v) is 2.01. The second kappa shape index (κ2) is 5.30. The predicted molar refractivity (Wildman–Crippen MR) is 52.4 cm³/mol. The molecule has 0 fully saturated rings. The smallest absolute Gasteiger partial charge is 0.368 e. The highest BCUT2D eigenvalue weighted by atomic mass is 19.4. The Kier molecular flexibility index (Phi) is 4.23. The van der Waals surface area contributed by atoms with Gasteiger partial charge in [0.05, 0.1) is 6.54 Å². The second-order valence-corrected chi connectivity index (χ2v) is 3.53. The van der Waals surface area contributed by atoms with Crippen LogP contribution in [0.25, 0.3) is 0 Å². The Balaban J connectivity index is 2.94. The average molecular weight is 268 g/mol. The number of carbonyl (C=O) groups excluding carboxylic acids is 1. The summed E-state index contributed by atoms with van der Waals surface area (Å²) < 4.78 is 61.7. The maximum absolute atomic E-state index is 12.9. The molecule has 0 aliphatic rings. The van der Waals surface area contributed by atoms with Crippen LogP contribution in [-0.4, -0.2) is 18.6 Å². The molecule has 1 aromatic carbocycles. The van der Waals surface area contributed by atoms with E-state index in [1.807, 2.05) is 0 Å². The van der Waals surface area contributed by atoms with Crippen LogP contribution in [0.5, 0.6) is 0 Å². The number of hydrogen-bond donors (Lipinski definition) is 2. The molecule has 1 amide bonds. The molecule has 1 atom stereocenters. The quantitative estimate of drug-likeness (QED) is 0.816. The number of benzene rings is 1. The van der Waals surface area contributed by atoms with Crippen molar-refractivity contribution >= 4 is 5.91 Å². The monoisotopic (exact) mass is 268 g/mol. The van der Waals surface area contributed by atoms with Gasteiger partial charge in [0.2, 0.25) is 5.91 Å². The van der Waals surface area contributed by atoms with Crippen molar-refractivity contribution in [2.45, 2.75) is 12.2 Å². The van der Waals surface area contributed by atoms with Crippen LogP contribution in [-0.2, 0) is 4.79 Å². The van der Waals surface area contributed by atoms with Crippen LogP contribution in [0.1, 0.15) is 11.6 Å². The Morgan fingerprint density at radius 3 is 2.11 bits per heavy atom. The largest absolute Gasteiger partial charge is 0.401 e. The molecular weight excluding hydrogens is 259 g/mol. The summed E-state index contributed by atoms with van der Waals surface area (Å²) >= 11 is 0. The molecule has 8 heteroatoms. The fraction of sp³-hybridized carbons (Fsp3) is 0.300. The zero-order chi connectivity index (χ0) is 13.9. The van der Waals surface area contributed by atoms with Crippen LogP contribution in [0.3, 0.4) is 0 Å². The molecule has 0 aromatic heterocycles. The van der Waals surface area contributed by atoms with Gasteiger partial charge in [-0.1, -0.05) is 0 Å². The van der Waals surface area contributed by atoms with Gasteiger partial charge in [-0.05, 0) is 17.7 Å². The number of primary amides is 1. The van der Waals surface area contributed by atoms with Crippen molar-refractivity contribution in [3.05, 3.63) is 35.4 Å². The third-order valence-electron chi connectivity index (χ3n) is 2.01. The number of halogens is 5. The van der Waals surface area contributed by atoms with Gasteiger partial charge in [0.15, 0.2) is 0 Å². The van der Waals surface area contributed by atoms with Gasteiger partial charge in [-0.3, -0.25) is 10.1 Å². The number of hydrogen-bond acceptors (Lipinski definition) is 2. The molecule has 0 spiro atoms. The van der Waals surface area contributed by atoms with E-state index in [1.165, 1.54) is 0 Å². The Labute approximate surface area is 98.8 Å². The van der Waals surface area contributed by atoms with Crippen LogP contribution in [0.4, 0.5) is 22.0 Å². The lowest BCUT2D eigenvalue weighted by Gasteiger charge is -2.17. The topological polar surface area (TPSA) is 55.1 Å². The molecule has 0 aliphatic carbocycles. The number of nitrogens with one attached hydrogen (secondary N) is 1. The molecule has 1 rings (SSSR count). The summed E-state index contributed by atoms with van der Waals surface area (Å²) in [7, 11) is 0. The van der Waals surface area contributed by atoms with Gasteiger partial charge in [0.25, 0.3) is 0 Å². The fourth-order valence-electron chi connectivity index (χ4n) is 1.34. The van der Waals surface area contributed by atoms with Gasteiger partial charge >= 0.3 is 6.18 Å². The van der Waals surface area contributed by atoms with Gasteiger partial charge in [0, 0.05) is 6.07 Å². The number of rotatable bonds is 4. The average Bonchev–Trinajstić information content (AvgIpc) is 2.13. The molecule has 1 aromatic rings. The van der Waals surface area contributed by atoms with E-state index in [2.05, 4.69) is 0 Å². The van der Waals surface area contributed by atoms with Gasteiger partial charge in [-0.2, -0.15) is 13.2 Å². The van der Waals surface area contributed by atoms with Crippen molar-refractivity contribution in [2.24, 2.45) is 5.73 Å². The van der Waals surface area contributed by atoms with E-state index in [-0.39, 0.29) is 5.56 Å². The zero-order valence-corrected chi connectivity index (χ0v) is 8.89. The van der Waals surface area contributed by atoms with Crippen LogP contribution in [0.15, 0.2) is 18.2 Å². The third kappa shape index (κ3) is 4.28. The van der Waals surface area contributed by atoms with E-state index in [9.17, 15) is 26.7 Å². The van der Waals surface area contributed by atoms with Crippen molar-refractivity contribution in [1.29, 1.82) is 0 Å². The SMILES string of the molecule is NC(=O)C(NCC(F)(F)F)c1cc(F)cc(F)c1. The molecule has 100 valence electrons. The Hall–Kier alpha value is -1.70. The first-order chi connectivity index (χ1) is 8.19.